The average Bonchev–Trinajstić information content (AvgIpc) is 1.74. The van der Waals surface area contributed by atoms with E-state index < -0.39 is 5.41 Å². The van der Waals surface area contributed by atoms with Crippen molar-refractivity contribution in [3.05, 3.63) is 338 Å². The van der Waals surface area contributed by atoms with Crippen molar-refractivity contribution in [3.8, 4) is 123 Å². The van der Waals surface area contributed by atoms with E-state index in [1.165, 1.54) is 66.8 Å². The first-order valence-electron chi connectivity index (χ1n) is 29.5. The molecule has 0 saturated carbocycles. The Morgan fingerprint density at radius 2 is 0.570 bits per heavy atom. The lowest BCUT2D eigenvalue weighted by molar-refractivity contribution is 0.667. The summed E-state index contributed by atoms with van der Waals surface area (Å²) in [5.41, 5.74) is 30.1. The smallest absolute Gasteiger partial charge is 0.180 e. The highest BCUT2D eigenvalue weighted by atomic mass is 16.3. The van der Waals surface area contributed by atoms with Crippen LogP contribution >= 0.6 is 0 Å². The summed E-state index contributed by atoms with van der Waals surface area (Å²) in [5, 5.41) is 0.919. The molecule has 0 unspecified atom stereocenters. The molecule has 0 radical (unpaired) electrons. The zero-order valence-corrected chi connectivity index (χ0v) is 46.8. The lowest BCUT2D eigenvalue weighted by Crippen LogP contribution is -2.26. The molecule has 2 aromatic heterocycles. The Hall–Kier alpha value is -11.3. The van der Waals surface area contributed by atoms with E-state index in [0.717, 1.165) is 88.9 Å². The molecule has 17 rings (SSSR count). The van der Waals surface area contributed by atoms with Crippen LogP contribution in [0.2, 0.25) is 0 Å². The monoisotopic (exact) mass is 1090 g/mol. The Labute approximate surface area is 499 Å². The molecular weight excluding hydrogens is 1040 g/mol. The SMILES string of the molecule is c1ccc(-c2cc(-c3ccccc3)cc(-c3nc(-c4cc(-c5ccccc5)cc(-c5ccccc5)c4)c4oc5ccc(-c6ccc7c(c6)C6(c8ccccc8-7)c7cc(-c8ccccc8)ccc7-c7ccc(-c8ccccc8)cc76)cc5c4n3)c2)cc1. The molecule has 86 heavy (non-hydrogen) atoms. The second kappa shape index (κ2) is 20.0. The molecule has 400 valence electrons. The highest BCUT2D eigenvalue weighted by Gasteiger charge is 2.52. The second-order valence-corrected chi connectivity index (χ2v) is 22.8. The van der Waals surface area contributed by atoms with Crippen LogP contribution in [0.1, 0.15) is 22.3 Å². The lowest BCUT2D eigenvalue weighted by atomic mass is 9.69. The van der Waals surface area contributed by atoms with Gasteiger partial charge in [-0.25, -0.2) is 9.97 Å². The van der Waals surface area contributed by atoms with Gasteiger partial charge in [-0.1, -0.05) is 249 Å². The maximum Gasteiger partial charge on any atom is 0.180 e. The number of benzene rings is 13. The third-order valence-corrected chi connectivity index (χ3v) is 17.9. The van der Waals surface area contributed by atoms with Crippen molar-refractivity contribution in [2.24, 2.45) is 0 Å². The van der Waals surface area contributed by atoms with Crippen molar-refractivity contribution in [1.29, 1.82) is 0 Å². The first-order chi connectivity index (χ1) is 42.6. The van der Waals surface area contributed by atoms with Gasteiger partial charge in [-0.2, -0.15) is 0 Å². The van der Waals surface area contributed by atoms with Crippen LogP contribution in [0.15, 0.2) is 320 Å². The molecular formula is C83H52N2O. The number of fused-ring (bicyclic) bond motifs is 13. The third kappa shape index (κ3) is 8.04. The van der Waals surface area contributed by atoms with Crippen LogP contribution in [-0.4, -0.2) is 9.97 Å². The predicted octanol–water partition coefficient (Wildman–Crippen LogP) is 21.7. The molecule has 2 aliphatic carbocycles. The molecule has 1 spiro atoms. The highest BCUT2D eigenvalue weighted by molar-refractivity contribution is 6.09. The van der Waals surface area contributed by atoms with E-state index in [2.05, 4.69) is 315 Å². The average molecular weight is 1090 g/mol. The number of rotatable bonds is 9. The van der Waals surface area contributed by atoms with Gasteiger partial charge in [-0.05, 0) is 189 Å². The summed E-state index contributed by atoms with van der Waals surface area (Å²) in [6.45, 7) is 0. The van der Waals surface area contributed by atoms with Crippen molar-refractivity contribution >= 4 is 22.1 Å². The van der Waals surface area contributed by atoms with Crippen molar-refractivity contribution < 1.29 is 4.42 Å². The number of aromatic nitrogens is 2. The largest absolute Gasteiger partial charge is 0.452 e. The summed E-state index contributed by atoms with van der Waals surface area (Å²) in [6, 6.07) is 115. The van der Waals surface area contributed by atoms with Gasteiger partial charge in [0.1, 0.15) is 16.8 Å². The van der Waals surface area contributed by atoms with Crippen molar-refractivity contribution in [3.63, 3.8) is 0 Å². The Balaban J connectivity index is 0.900. The molecule has 3 nitrogen and oxygen atoms in total. The van der Waals surface area contributed by atoms with Crippen LogP contribution in [-0.2, 0) is 5.41 Å². The molecule has 0 amide bonds. The third-order valence-electron chi connectivity index (χ3n) is 17.9. The maximum atomic E-state index is 7.14. The van der Waals surface area contributed by atoms with Crippen LogP contribution in [0.5, 0.6) is 0 Å². The van der Waals surface area contributed by atoms with Gasteiger partial charge < -0.3 is 4.42 Å². The molecule has 2 aliphatic rings. The molecule has 0 fully saturated rings. The van der Waals surface area contributed by atoms with Crippen LogP contribution in [0.3, 0.4) is 0 Å². The molecule has 15 aromatic rings. The molecule has 2 heterocycles. The van der Waals surface area contributed by atoms with E-state index in [-0.39, 0.29) is 0 Å². The summed E-state index contributed by atoms with van der Waals surface area (Å²) in [4.78, 5) is 11.3. The van der Waals surface area contributed by atoms with E-state index in [1.807, 2.05) is 0 Å². The zero-order valence-electron chi connectivity index (χ0n) is 46.8. The predicted molar refractivity (Wildman–Crippen MR) is 355 cm³/mol. The number of hydrogen-bond donors (Lipinski definition) is 0. The fourth-order valence-corrected chi connectivity index (χ4v) is 13.8. The van der Waals surface area contributed by atoms with E-state index in [1.54, 1.807) is 0 Å². The van der Waals surface area contributed by atoms with Crippen LogP contribution in [0.4, 0.5) is 0 Å². The summed E-state index contributed by atoms with van der Waals surface area (Å²) < 4.78 is 7.14. The minimum atomic E-state index is -0.606. The van der Waals surface area contributed by atoms with Crippen molar-refractivity contribution in [2.45, 2.75) is 5.41 Å². The summed E-state index contributed by atoms with van der Waals surface area (Å²) >= 11 is 0. The highest BCUT2D eigenvalue weighted by Crippen LogP contribution is 2.64. The first kappa shape index (κ1) is 49.4. The second-order valence-electron chi connectivity index (χ2n) is 22.8. The van der Waals surface area contributed by atoms with E-state index in [9.17, 15) is 0 Å². The van der Waals surface area contributed by atoms with Crippen LogP contribution in [0.25, 0.3) is 145 Å². The molecule has 13 aromatic carbocycles. The Kier molecular flexibility index (Phi) is 11.5. The summed E-state index contributed by atoms with van der Waals surface area (Å²) in [7, 11) is 0. The quantitative estimate of drug-likeness (QED) is 0.145. The fourth-order valence-electron chi connectivity index (χ4n) is 13.8. The van der Waals surface area contributed by atoms with Crippen LogP contribution < -0.4 is 0 Å². The number of furan rings is 1. The minimum absolute atomic E-state index is 0.606. The first-order valence-corrected chi connectivity index (χ1v) is 29.5. The fraction of sp³-hybridized carbons (Fsp3) is 0.0120. The van der Waals surface area contributed by atoms with Crippen LogP contribution in [0, 0.1) is 0 Å². The van der Waals surface area contributed by atoms with Gasteiger partial charge in [0, 0.05) is 16.5 Å². The van der Waals surface area contributed by atoms with Gasteiger partial charge in [-0.3, -0.25) is 0 Å². The van der Waals surface area contributed by atoms with Gasteiger partial charge in [0.2, 0.25) is 0 Å². The number of nitrogens with zero attached hydrogens (tertiary/aromatic N) is 2. The standard InChI is InChI=1S/C83H52N2O/c1-7-21-53(22-8-1)60-35-39-71-72-40-36-61(54-23-9-2-10-24-54)51-76(72)83(75(71)50-60)74-34-20-19-33-69(74)70-41-37-62(52-77(70)83)59-38-42-78-73(49-59)80-81(86-78)79(67-45-63(55-25-11-3-12-26-55)43-64(46-67)56-27-13-4-14-28-56)84-82(85-80)68-47-65(57-29-15-5-16-30-57)44-66(48-68)58-31-17-6-18-32-58/h1-52H. The van der Waals surface area contributed by atoms with E-state index >= 15 is 0 Å². The van der Waals surface area contributed by atoms with E-state index in [0.29, 0.717) is 11.4 Å². The normalized spacial score (nSPS) is 12.5. The minimum Gasteiger partial charge on any atom is -0.452 e. The topological polar surface area (TPSA) is 38.9 Å². The Morgan fingerprint density at radius 3 is 1.01 bits per heavy atom. The number of hydrogen-bond acceptors (Lipinski definition) is 3. The Bertz CT molecular complexity index is 4930. The molecule has 0 bridgehead atoms. The Morgan fingerprint density at radius 1 is 0.233 bits per heavy atom. The van der Waals surface area contributed by atoms with Gasteiger partial charge in [-0.15, -0.1) is 0 Å². The summed E-state index contributed by atoms with van der Waals surface area (Å²) in [6.07, 6.45) is 0. The summed E-state index contributed by atoms with van der Waals surface area (Å²) in [5.74, 6) is 0.613. The van der Waals surface area contributed by atoms with Crippen molar-refractivity contribution in [1.82, 2.24) is 9.97 Å². The van der Waals surface area contributed by atoms with Gasteiger partial charge in [0.25, 0.3) is 0 Å². The van der Waals surface area contributed by atoms with Gasteiger partial charge >= 0.3 is 0 Å². The van der Waals surface area contributed by atoms with Gasteiger partial charge in [0.05, 0.1) is 5.41 Å². The maximum absolute atomic E-state index is 7.14. The van der Waals surface area contributed by atoms with E-state index in [4.69, 9.17) is 14.4 Å². The molecule has 3 heteroatoms. The lowest BCUT2D eigenvalue weighted by Gasteiger charge is -2.31. The molecule has 0 atom stereocenters. The zero-order chi connectivity index (χ0) is 56.7. The molecule has 0 saturated heterocycles. The van der Waals surface area contributed by atoms with Gasteiger partial charge in [0.15, 0.2) is 11.4 Å². The molecule has 0 N–H and O–H groups in total. The molecule has 0 aliphatic heterocycles. The van der Waals surface area contributed by atoms with Crippen molar-refractivity contribution in [2.75, 3.05) is 0 Å².